The maximum atomic E-state index is 13.2. The first-order chi connectivity index (χ1) is 21.0. The fourth-order valence-electron chi connectivity index (χ4n) is 4.32. The van der Waals surface area contributed by atoms with Crippen molar-refractivity contribution in [2.45, 2.75) is 85.0 Å². The van der Waals surface area contributed by atoms with Gasteiger partial charge in [-0.25, -0.2) is 4.39 Å². The van der Waals surface area contributed by atoms with Crippen LogP contribution in [0.15, 0.2) is 60.7 Å². The van der Waals surface area contributed by atoms with E-state index in [1.807, 2.05) is 27.7 Å². The Hall–Kier alpha value is -4.08. The fourth-order valence-corrected chi connectivity index (χ4v) is 4.32. The molecule has 0 amide bonds. The number of alkyl halides is 3. The van der Waals surface area contributed by atoms with Crippen LogP contribution in [0.2, 0.25) is 0 Å². The number of carbonyl (C=O) groups is 2. The van der Waals surface area contributed by atoms with Crippen LogP contribution < -0.4 is 14.8 Å². The third-order valence-electron chi connectivity index (χ3n) is 6.44. The Morgan fingerprint density at radius 1 is 0.933 bits per heavy atom. The van der Waals surface area contributed by atoms with Gasteiger partial charge in [0.1, 0.15) is 29.0 Å². The number of carbonyl (C=O) groups excluding carboxylic acids is 2. The van der Waals surface area contributed by atoms with Gasteiger partial charge in [-0.05, 0) is 88.4 Å². The zero-order chi connectivity index (χ0) is 33.8. The lowest BCUT2D eigenvalue weighted by atomic mass is 10.0. The van der Waals surface area contributed by atoms with Gasteiger partial charge in [0.15, 0.2) is 5.78 Å². The van der Waals surface area contributed by atoms with E-state index in [2.05, 4.69) is 5.32 Å². The average Bonchev–Trinajstić information content (AvgIpc) is 2.94. The molecule has 0 radical (unpaired) electrons. The summed E-state index contributed by atoms with van der Waals surface area (Å²) >= 11 is 0. The topological polar surface area (TPSA) is 73.9 Å². The van der Waals surface area contributed by atoms with Crippen molar-refractivity contribution in [2.24, 2.45) is 0 Å². The smallest absolute Gasteiger partial charge is 0.416 e. The number of aryl methyl sites for hydroxylation is 2. The molecule has 0 bridgehead atoms. The molecule has 3 aromatic rings. The number of rotatable bonds is 12. The van der Waals surface area contributed by atoms with Crippen LogP contribution in [0, 0.1) is 12.7 Å². The van der Waals surface area contributed by atoms with E-state index in [0.717, 1.165) is 30.0 Å². The van der Waals surface area contributed by atoms with E-state index in [1.54, 1.807) is 43.3 Å². The number of halogens is 4. The van der Waals surface area contributed by atoms with Crippen molar-refractivity contribution in [2.75, 3.05) is 19.0 Å². The minimum absolute atomic E-state index is 0.116. The zero-order valence-corrected chi connectivity index (χ0v) is 26.9. The molecule has 0 aliphatic heterocycles. The molecule has 0 heterocycles. The molecule has 0 saturated carbocycles. The van der Waals surface area contributed by atoms with Gasteiger partial charge < -0.3 is 19.5 Å². The summed E-state index contributed by atoms with van der Waals surface area (Å²) in [6.45, 7) is 11.0. The fraction of sp³-hybridized carbons (Fsp3) is 0.429. The van der Waals surface area contributed by atoms with Crippen LogP contribution in [-0.2, 0) is 26.9 Å². The molecule has 3 rings (SSSR count). The third-order valence-corrected chi connectivity index (χ3v) is 6.44. The van der Waals surface area contributed by atoms with E-state index in [4.69, 9.17) is 14.2 Å². The number of anilines is 1. The van der Waals surface area contributed by atoms with Crippen molar-refractivity contribution < 1.29 is 41.4 Å². The van der Waals surface area contributed by atoms with E-state index >= 15 is 0 Å². The molecular weight excluding hydrogens is 590 g/mol. The Morgan fingerprint density at radius 2 is 1.58 bits per heavy atom. The molecule has 1 unspecified atom stereocenters. The van der Waals surface area contributed by atoms with Crippen LogP contribution in [0.1, 0.15) is 82.2 Å². The minimum Gasteiger partial charge on any atom is -0.497 e. The van der Waals surface area contributed by atoms with Gasteiger partial charge in [-0.15, -0.1) is 0 Å². The van der Waals surface area contributed by atoms with E-state index in [0.29, 0.717) is 35.8 Å². The molecule has 0 spiro atoms. The summed E-state index contributed by atoms with van der Waals surface area (Å²) in [6.07, 6.45) is -1.68. The van der Waals surface area contributed by atoms with Crippen LogP contribution in [-0.4, -0.2) is 31.1 Å². The van der Waals surface area contributed by atoms with Gasteiger partial charge in [0.2, 0.25) is 0 Å². The Kier molecular flexibility index (Phi) is 13.9. The maximum Gasteiger partial charge on any atom is 0.416 e. The SMILES string of the molecule is CCCc1ccc(C(F)(F)F)cc1C.COc1cc(NC(C(C)=O)c2ccc(F)cc2)cc(OCCCC(=O)OC(C)(C)C)c1. The molecule has 0 saturated heterocycles. The molecule has 1 N–H and O–H groups in total. The monoisotopic (exact) mass is 633 g/mol. The highest BCUT2D eigenvalue weighted by atomic mass is 19.4. The molecular formula is C35H43F4NO5. The Balaban J connectivity index is 0.000000420. The van der Waals surface area contributed by atoms with Gasteiger partial charge in [-0.2, -0.15) is 13.2 Å². The molecule has 1 atom stereocenters. The van der Waals surface area contributed by atoms with Crippen LogP contribution >= 0.6 is 0 Å². The standard InChI is InChI=1S/C24H30FNO5.C11H13F3/c1-16(27)23(17-8-10-18(25)11-9-17)26-19-13-20(29-5)15-21(14-19)30-12-6-7-22(28)31-24(2,3)4;1-3-4-9-5-6-10(7-8(9)2)11(12,13)14/h8-11,13-15,23,26H,6-7,12H2,1-5H3;5-7H,3-4H2,1-2H3. The number of methoxy groups -OCH3 is 1. The first-order valence-corrected chi connectivity index (χ1v) is 14.7. The van der Waals surface area contributed by atoms with Gasteiger partial charge in [0.05, 0.1) is 19.3 Å². The van der Waals surface area contributed by atoms with Crippen LogP contribution in [0.5, 0.6) is 11.5 Å². The normalized spacial score (nSPS) is 12.0. The summed E-state index contributed by atoms with van der Waals surface area (Å²) in [7, 11) is 1.54. The number of Topliss-reactive ketones (excluding diaryl/α,β-unsaturated/α-hetero) is 1. The highest BCUT2D eigenvalue weighted by molar-refractivity contribution is 5.86. The van der Waals surface area contributed by atoms with Crippen molar-refractivity contribution in [1.29, 1.82) is 0 Å². The summed E-state index contributed by atoms with van der Waals surface area (Å²) in [4.78, 5) is 24.0. The van der Waals surface area contributed by atoms with Crippen molar-refractivity contribution in [3.05, 3.63) is 88.7 Å². The number of hydrogen-bond acceptors (Lipinski definition) is 6. The van der Waals surface area contributed by atoms with E-state index in [1.165, 1.54) is 32.2 Å². The zero-order valence-electron chi connectivity index (χ0n) is 26.9. The Morgan fingerprint density at radius 3 is 2.11 bits per heavy atom. The average molecular weight is 634 g/mol. The molecule has 0 aromatic heterocycles. The van der Waals surface area contributed by atoms with Crippen LogP contribution in [0.4, 0.5) is 23.2 Å². The van der Waals surface area contributed by atoms with E-state index < -0.39 is 23.4 Å². The summed E-state index contributed by atoms with van der Waals surface area (Å²) in [6, 6.07) is 14.3. The third kappa shape index (κ3) is 13.2. The second-order valence-electron chi connectivity index (χ2n) is 11.6. The lowest BCUT2D eigenvalue weighted by Gasteiger charge is -2.20. The number of hydrogen-bond donors (Lipinski definition) is 1. The first-order valence-electron chi connectivity index (χ1n) is 14.7. The maximum absolute atomic E-state index is 13.2. The largest absolute Gasteiger partial charge is 0.497 e. The molecule has 0 aliphatic rings. The summed E-state index contributed by atoms with van der Waals surface area (Å²) < 4.78 is 66.5. The van der Waals surface area contributed by atoms with Crippen LogP contribution in [0.3, 0.4) is 0 Å². The van der Waals surface area contributed by atoms with Gasteiger partial charge in [0.25, 0.3) is 0 Å². The summed E-state index contributed by atoms with van der Waals surface area (Å²) in [5.41, 5.74) is 1.92. The molecule has 246 valence electrons. The highest BCUT2D eigenvalue weighted by Gasteiger charge is 2.30. The molecule has 10 heteroatoms. The second kappa shape index (κ2) is 16.8. The second-order valence-corrected chi connectivity index (χ2v) is 11.6. The van der Waals surface area contributed by atoms with Gasteiger partial charge in [0, 0.05) is 30.3 Å². The van der Waals surface area contributed by atoms with Gasteiger partial charge in [-0.3, -0.25) is 9.59 Å². The number of benzene rings is 3. The molecule has 0 fully saturated rings. The highest BCUT2D eigenvalue weighted by Crippen LogP contribution is 2.31. The number of ether oxygens (including phenoxy) is 3. The van der Waals surface area contributed by atoms with Crippen molar-refractivity contribution in [3.8, 4) is 11.5 Å². The van der Waals surface area contributed by atoms with E-state index in [-0.39, 0.29) is 24.0 Å². The van der Waals surface area contributed by atoms with Gasteiger partial charge in [-0.1, -0.05) is 31.5 Å². The van der Waals surface area contributed by atoms with Gasteiger partial charge >= 0.3 is 12.1 Å². The van der Waals surface area contributed by atoms with Crippen molar-refractivity contribution >= 4 is 17.4 Å². The summed E-state index contributed by atoms with van der Waals surface area (Å²) in [5.74, 6) is 0.331. The molecule has 0 aliphatic carbocycles. The molecule has 45 heavy (non-hydrogen) atoms. The lowest BCUT2D eigenvalue weighted by Crippen LogP contribution is -2.24. The van der Waals surface area contributed by atoms with Crippen molar-refractivity contribution in [1.82, 2.24) is 0 Å². The van der Waals surface area contributed by atoms with E-state index in [9.17, 15) is 27.2 Å². The number of esters is 1. The number of nitrogens with one attached hydrogen (secondary N) is 1. The Labute approximate surface area is 263 Å². The molecule has 3 aromatic carbocycles. The summed E-state index contributed by atoms with van der Waals surface area (Å²) in [5, 5.41) is 3.16. The van der Waals surface area contributed by atoms with Crippen LogP contribution in [0.25, 0.3) is 0 Å². The minimum atomic E-state index is -4.23. The predicted octanol–water partition coefficient (Wildman–Crippen LogP) is 9.04. The Bertz CT molecular complexity index is 1400. The van der Waals surface area contributed by atoms with Crippen molar-refractivity contribution in [3.63, 3.8) is 0 Å². The number of ketones is 1. The lowest BCUT2D eigenvalue weighted by molar-refractivity contribution is -0.155. The first kappa shape index (κ1) is 37.1. The predicted molar refractivity (Wildman–Crippen MR) is 167 cm³/mol. The molecule has 6 nitrogen and oxygen atoms in total. The quantitative estimate of drug-likeness (QED) is 0.122.